The predicted octanol–water partition coefficient (Wildman–Crippen LogP) is 2.82. The molecule has 3 heterocycles. The average molecular weight is 435 g/mol. The number of rotatable bonds is 7. The second kappa shape index (κ2) is 9.80. The Morgan fingerprint density at radius 2 is 1.84 bits per heavy atom. The van der Waals surface area contributed by atoms with Crippen LogP contribution in [0.1, 0.15) is 25.1 Å². The minimum absolute atomic E-state index is 0.0941. The molecular formula is C24H30N6O2. The van der Waals surface area contributed by atoms with Gasteiger partial charge >= 0.3 is 0 Å². The van der Waals surface area contributed by atoms with E-state index in [0.717, 1.165) is 48.7 Å². The number of amides is 1. The number of hydrogen-bond donors (Lipinski definition) is 0. The fourth-order valence-electron chi connectivity index (χ4n) is 4.00. The lowest BCUT2D eigenvalue weighted by molar-refractivity contribution is -0.132. The van der Waals surface area contributed by atoms with Gasteiger partial charge in [0.25, 0.3) is 0 Å². The van der Waals surface area contributed by atoms with Gasteiger partial charge in [-0.1, -0.05) is 32.0 Å². The standard InChI is InChI=1S/C24H30N6O2/c1-4-18-7-6-8-19(13-18)21-14-20(5-2)30(27-21)16-24(31)29-11-9-28(10-12-29)22-15-23(32-3)26-17-25-22/h6-8,13-15,17H,4-5,9-12,16H2,1-3H3. The number of anilines is 1. The minimum atomic E-state index is 0.0941. The van der Waals surface area contributed by atoms with Gasteiger partial charge in [0.1, 0.15) is 18.7 Å². The zero-order valence-corrected chi connectivity index (χ0v) is 19.0. The van der Waals surface area contributed by atoms with Gasteiger partial charge in [0.15, 0.2) is 0 Å². The fraction of sp³-hybridized carbons (Fsp3) is 0.417. The summed E-state index contributed by atoms with van der Waals surface area (Å²) < 4.78 is 7.05. The lowest BCUT2D eigenvalue weighted by Gasteiger charge is -2.35. The van der Waals surface area contributed by atoms with E-state index in [0.29, 0.717) is 19.0 Å². The Morgan fingerprint density at radius 3 is 2.56 bits per heavy atom. The highest BCUT2D eigenvalue weighted by atomic mass is 16.5. The molecule has 0 unspecified atom stereocenters. The molecule has 3 aromatic rings. The molecule has 2 aromatic heterocycles. The SMILES string of the molecule is CCc1cccc(-c2cc(CC)n(CC(=O)N3CCN(c4cc(OC)ncn4)CC3)n2)c1. The Hall–Kier alpha value is -3.42. The summed E-state index contributed by atoms with van der Waals surface area (Å²) in [6.07, 6.45) is 3.32. The highest BCUT2D eigenvalue weighted by Crippen LogP contribution is 2.22. The summed E-state index contributed by atoms with van der Waals surface area (Å²) in [5.74, 6) is 1.46. The minimum Gasteiger partial charge on any atom is -0.481 e. The Balaban J connectivity index is 1.41. The summed E-state index contributed by atoms with van der Waals surface area (Å²) in [6, 6.07) is 12.4. The van der Waals surface area contributed by atoms with Crippen molar-refractivity contribution in [1.29, 1.82) is 0 Å². The number of carbonyl (C=O) groups is 1. The van der Waals surface area contributed by atoms with Crippen LogP contribution >= 0.6 is 0 Å². The molecule has 0 bridgehead atoms. The maximum Gasteiger partial charge on any atom is 0.244 e. The van der Waals surface area contributed by atoms with E-state index < -0.39 is 0 Å². The molecule has 1 aliphatic heterocycles. The van der Waals surface area contributed by atoms with E-state index in [1.165, 1.54) is 11.9 Å². The molecule has 0 atom stereocenters. The van der Waals surface area contributed by atoms with Crippen molar-refractivity contribution in [2.75, 3.05) is 38.2 Å². The van der Waals surface area contributed by atoms with Crippen LogP contribution in [0.15, 0.2) is 42.7 Å². The molecule has 8 nitrogen and oxygen atoms in total. The van der Waals surface area contributed by atoms with E-state index in [1.807, 2.05) is 15.6 Å². The number of aromatic nitrogens is 4. The van der Waals surface area contributed by atoms with Crippen LogP contribution in [0.5, 0.6) is 5.88 Å². The van der Waals surface area contributed by atoms with Gasteiger partial charge in [0.05, 0.1) is 12.8 Å². The van der Waals surface area contributed by atoms with Crippen molar-refractivity contribution in [2.45, 2.75) is 33.2 Å². The summed E-state index contributed by atoms with van der Waals surface area (Å²) in [4.78, 5) is 25.5. The Bertz CT molecular complexity index is 1070. The molecule has 1 amide bonds. The van der Waals surface area contributed by atoms with Crippen LogP contribution < -0.4 is 9.64 Å². The molecule has 168 valence electrons. The molecule has 0 radical (unpaired) electrons. The van der Waals surface area contributed by atoms with Gasteiger partial charge in [0.2, 0.25) is 11.8 Å². The zero-order valence-electron chi connectivity index (χ0n) is 19.0. The van der Waals surface area contributed by atoms with E-state index in [9.17, 15) is 4.79 Å². The van der Waals surface area contributed by atoms with Gasteiger partial charge in [-0.2, -0.15) is 5.10 Å². The molecule has 0 spiro atoms. The summed E-state index contributed by atoms with van der Waals surface area (Å²) >= 11 is 0. The van der Waals surface area contributed by atoms with Gasteiger partial charge < -0.3 is 14.5 Å². The second-order valence-electron chi connectivity index (χ2n) is 7.87. The number of ether oxygens (including phenoxy) is 1. The molecule has 0 saturated carbocycles. The van der Waals surface area contributed by atoms with Crippen molar-refractivity contribution in [3.63, 3.8) is 0 Å². The highest BCUT2D eigenvalue weighted by Gasteiger charge is 2.23. The number of hydrogen-bond acceptors (Lipinski definition) is 6. The topological polar surface area (TPSA) is 76.4 Å². The van der Waals surface area contributed by atoms with Crippen LogP contribution in [0.4, 0.5) is 5.82 Å². The third-order valence-electron chi connectivity index (χ3n) is 5.93. The van der Waals surface area contributed by atoms with Crippen LogP contribution in [0.3, 0.4) is 0 Å². The molecule has 1 saturated heterocycles. The number of carbonyl (C=O) groups excluding carboxylic acids is 1. The lowest BCUT2D eigenvalue weighted by Crippen LogP contribution is -2.50. The highest BCUT2D eigenvalue weighted by molar-refractivity contribution is 5.76. The molecular weight excluding hydrogens is 404 g/mol. The first-order valence-electron chi connectivity index (χ1n) is 11.2. The molecule has 1 aromatic carbocycles. The van der Waals surface area contributed by atoms with Gasteiger partial charge in [-0.3, -0.25) is 9.48 Å². The quantitative estimate of drug-likeness (QED) is 0.569. The largest absolute Gasteiger partial charge is 0.481 e. The molecule has 4 rings (SSSR count). The molecule has 1 fully saturated rings. The van der Waals surface area contributed by atoms with E-state index >= 15 is 0 Å². The number of benzene rings is 1. The maximum atomic E-state index is 13.0. The van der Waals surface area contributed by atoms with Crippen LogP contribution in [0, 0.1) is 0 Å². The van der Waals surface area contributed by atoms with Gasteiger partial charge in [-0.25, -0.2) is 9.97 Å². The van der Waals surface area contributed by atoms with Crippen LogP contribution in [-0.2, 0) is 24.2 Å². The zero-order chi connectivity index (χ0) is 22.5. The van der Waals surface area contributed by atoms with Gasteiger partial charge in [-0.15, -0.1) is 0 Å². The van der Waals surface area contributed by atoms with Crippen molar-refractivity contribution >= 4 is 11.7 Å². The monoisotopic (exact) mass is 434 g/mol. The van der Waals surface area contributed by atoms with Crippen molar-refractivity contribution < 1.29 is 9.53 Å². The van der Waals surface area contributed by atoms with E-state index in [1.54, 1.807) is 7.11 Å². The van der Waals surface area contributed by atoms with Crippen molar-refractivity contribution in [1.82, 2.24) is 24.6 Å². The van der Waals surface area contributed by atoms with Crippen molar-refractivity contribution in [3.8, 4) is 17.1 Å². The first-order chi connectivity index (χ1) is 15.6. The Kier molecular flexibility index (Phi) is 6.68. The first-order valence-corrected chi connectivity index (χ1v) is 11.2. The molecule has 8 heteroatoms. The third kappa shape index (κ3) is 4.74. The first kappa shape index (κ1) is 21.8. The summed E-state index contributed by atoms with van der Waals surface area (Å²) in [5.41, 5.74) is 4.37. The van der Waals surface area contributed by atoms with E-state index in [4.69, 9.17) is 9.84 Å². The number of methoxy groups -OCH3 is 1. The third-order valence-corrected chi connectivity index (χ3v) is 5.93. The van der Waals surface area contributed by atoms with Crippen LogP contribution in [0.2, 0.25) is 0 Å². The smallest absolute Gasteiger partial charge is 0.244 e. The molecule has 1 aliphatic rings. The van der Waals surface area contributed by atoms with E-state index in [2.05, 4.69) is 59.0 Å². The van der Waals surface area contributed by atoms with Crippen LogP contribution in [-0.4, -0.2) is 63.8 Å². The second-order valence-corrected chi connectivity index (χ2v) is 7.87. The predicted molar refractivity (Wildman–Crippen MR) is 124 cm³/mol. The molecule has 0 N–H and O–H groups in total. The maximum absolute atomic E-state index is 13.0. The Labute approximate surface area is 188 Å². The molecule has 32 heavy (non-hydrogen) atoms. The summed E-state index contributed by atoms with van der Waals surface area (Å²) in [5, 5.41) is 4.77. The van der Waals surface area contributed by atoms with Gasteiger partial charge in [-0.05, 0) is 30.5 Å². The number of aryl methyl sites for hydroxylation is 2. The lowest BCUT2D eigenvalue weighted by atomic mass is 10.1. The van der Waals surface area contributed by atoms with E-state index in [-0.39, 0.29) is 12.5 Å². The summed E-state index contributed by atoms with van der Waals surface area (Å²) in [7, 11) is 1.59. The number of nitrogens with zero attached hydrogens (tertiary/aromatic N) is 6. The molecule has 0 aliphatic carbocycles. The van der Waals surface area contributed by atoms with Crippen molar-refractivity contribution in [3.05, 3.63) is 54.0 Å². The summed E-state index contributed by atoms with van der Waals surface area (Å²) in [6.45, 7) is 7.26. The Morgan fingerprint density at radius 1 is 1.03 bits per heavy atom. The number of piperazine rings is 1. The van der Waals surface area contributed by atoms with Crippen LogP contribution in [0.25, 0.3) is 11.3 Å². The fourth-order valence-corrected chi connectivity index (χ4v) is 4.00. The van der Waals surface area contributed by atoms with Crippen molar-refractivity contribution in [2.24, 2.45) is 0 Å². The normalized spacial score (nSPS) is 14.0. The average Bonchev–Trinajstić information content (AvgIpc) is 3.27. The van der Waals surface area contributed by atoms with Gasteiger partial charge in [0, 0.05) is 43.5 Å².